The quantitative estimate of drug-likeness (QED) is 0.123. The molecule has 2 fully saturated rings. The molecule has 0 bridgehead atoms. The van der Waals surface area contributed by atoms with Crippen LogP contribution in [0, 0.1) is 11.6 Å². The predicted molar refractivity (Wildman–Crippen MR) is 249 cm³/mol. The number of nitrogens with two attached hydrogens (primary N) is 1. The molecule has 8 aromatic rings. The van der Waals surface area contributed by atoms with Gasteiger partial charge >= 0.3 is 6.09 Å². The van der Waals surface area contributed by atoms with Gasteiger partial charge in [0.1, 0.15) is 51.0 Å². The van der Waals surface area contributed by atoms with Crippen molar-refractivity contribution in [1.82, 2.24) is 65.4 Å². The van der Waals surface area contributed by atoms with E-state index in [9.17, 15) is 23.2 Å². The summed E-state index contributed by atoms with van der Waals surface area (Å²) in [7, 11) is 3.47. The Morgan fingerprint density at radius 2 is 1.18 bits per heavy atom. The van der Waals surface area contributed by atoms with Crippen molar-refractivity contribution in [2.75, 3.05) is 26.4 Å². The van der Waals surface area contributed by atoms with Gasteiger partial charge < -0.3 is 45.9 Å². The van der Waals surface area contributed by atoms with E-state index in [2.05, 4.69) is 56.1 Å². The number of carbonyl (C=O) groups excluding carboxylic acids is 3. The maximum Gasteiger partial charge on any atom is 0.407 e. The Morgan fingerprint density at radius 3 is 1.65 bits per heavy atom. The fourth-order valence-electron chi connectivity index (χ4n) is 8.19. The van der Waals surface area contributed by atoms with Crippen molar-refractivity contribution >= 4 is 74.4 Å². The van der Waals surface area contributed by atoms with E-state index in [1.807, 2.05) is 0 Å². The second kappa shape index (κ2) is 19.2. The SMILES string of the molecule is Cl.Cn1nc(-c2cnc3[nH]cc(C(=O)NC4COCC(N)C4)c3n2)c2ccc(F)cc21.Cn1nc(-c2cnc3[nH]cc(C(=O)NC4COCC(NC(=O)OC(C)(C)C)C4)c3n2)c2ccc(F)cc21. The number of hydrogen-bond donors (Lipinski definition) is 6. The molecule has 4 unspecified atom stereocenters. The van der Waals surface area contributed by atoms with Gasteiger partial charge in [-0.3, -0.25) is 19.0 Å². The van der Waals surface area contributed by atoms with Crippen LogP contribution in [0.15, 0.2) is 61.2 Å². The molecule has 4 atom stereocenters. The summed E-state index contributed by atoms with van der Waals surface area (Å²) in [5.74, 6) is -1.32. The number of nitrogens with one attached hydrogen (secondary N) is 5. The van der Waals surface area contributed by atoms with Crippen molar-refractivity contribution in [2.45, 2.75) is 63.4 Å². The number of benzene rings is 2. The average Bonchev–Trinajstić information content (AvgIpc) is 4.06. The molecule has 7 N–H and O–H groups in total. The van der Waals surface area contributed by atoms with Crippen LogP contribution in [0.5, 0.6) is 0 Å². The minimum Gasteiger partial charge on any atom is -0.444 e. The second-order valence-corrected chi connectivity index (χ2v) is 17.6. The number of fused-ring (bicyclic) bond motifs is 4. The largest absolute Gasteiger partial charge is 0.444 e. The third-order valence-electron chi connectivity index (χ3n) is 11.2. The Hall–Kier alpha value is -7.14. The summed E-state index contributed by atoms with van der Waals surface area (Å²) in [5, 5.41) is 19.1. The van der Waals surface area contributed by atoms with Crippen molar-refractivity contribution in [2.24, 2.45) is 19.8 Å². The van der Waals surface area contributed by atoms with Gasteiger partial charge in [0, 0.05) is 43.3 Å². The number of aromatic nitrogens is 10. The minimum absolute atomic E-state index is 0. The van der Waals surface area contributed by atoms with Crippen molar-refractivity contribution in [3.05, 3.63) is 83.9 Å². The average molecular weight is 955 g/mol. The van der Waals surface area contributed by atoms with Crippen molar-refractivity contribution in [1.29, 1.82) is 0 Å². The number of nitrogens with zero attached hydrogens (tertiary/aromatic N) is 8. The molecule has 2 aliphatic heterocycles. The van der Waals surface area contributed by atoms with Crippen LogP contribution in [0.4, 0.5) is 13.6 Å². The summed E-state index contributed by atoms with van der Waals surface area (Å²) in [4.78, 5) is 62.2. The van der Waals surface area contributed by atoms with Gasteiger partial charge in [-0.05, 0) is 70.0 Å². The molecule has 23 heteroatoms. The van der Waals surface area contributed by atoms with Crippen LogP contribution in [-0.2, 0) is 28.3 Å². The van der Waals surface area contributed by atoms with Gasteiger partial charge in [-0.2, -0.15) is 10.2 Å². The van der Waals surface area contributed by atoms with E-state index in [1.54, 1.807) is 81.2 Å². The fraction of sp³-hybridized carbons (Fsp3) is 0.356. The zero-order valence-corrected chi connectivity index (χ0v) is 38.4. The molecule has 0 spiro atoms. The number of ether oxygens (including phenoxy) is 3. The van der Waals surface area contributed by atoms with Gasteiger partial charge in [-0.1, -0.05) is 0 Å². The van der Waals surface area contributed by atoms with Gasteiger partial charge in [0.15, 0.2) is 11.3 Å². The van der Waals surface area contributed by atoms with E-state index in [-0.39, 0.29) is 60.0 Å². The number of hydrogen-bond acceptors (Lipinski definition) is 13. The number of aryl methyl sites for hydroxylation is 2. The summed E-state index contributed by atoms with van der Waals surface area (Å²) < 4.78 is 46.8. The monoisotopic (exact) mass is 954 g/mol. The normalized spacial score (nSPS) is 18.5. The topological polar surface area (TPSA) is 260 Å². The fourth-order valence-corrected chi connectivity index (χ4v) is 8.19. The number of alkyl carbamates (subject to hydrolysis) is 1. The Morgan fingerprint density at radius 1 is 0.721 bits per heavy atom. The predicted octanol–water partition coefficient (Wildman–Crippen LogP) is 4.98. The van der Waals surface area contributed by atoms with E-state index in [1.165, 1.54) is 24.3 Å². The molecule has 356 valence electrons. The zero-order chi connectivity index (χ0) is 47.1. The van der Waals surface area contributed by atoms with E-state index in [0.29, 0.717) is 107 Å². The lowest BCUT2D eigenvalue weighted by molar-refractivity contribution is 0.0253. The van der Waals surface area contributed by atoms with Gasteiger partial charge in [0.25, 0.3) is 11.8 Å². The first-order valence-electron chi connectivity index (χ1n) is 21.5. The summed E-state index contributed by atoms with van der Waals surface area (Å²) in [6.45, 7) is 6.94. The standard InChI is InChI=1S/C25H28FN7O4.C20H20FN7O2.ClH/c1-25(2,3)37-24(35)30-15-8-14(11-36-12-15)29-23(34)17-9-27-22-21(17)31-18(10-28-22)20-16-6-5-13(26)7-19(16)33(4)32-20;1-28-16-4-10(21)2-3-13(16)17(27-28)15-7-24-19-18(26-15)14(6-23-19)20(29)25-12-5-11(22)8-30-9-12;/h5-7,9-10,14-15H,8,11-12H2,1-4H3,(H,27,28)(H,29,34)(H,30,35);2-4,6-7,11-12H,5,8-9,22H2,1H3,(H,23,24)(H,25,29);1H. The summed E-state index contributed by atoms with van der Waals surface area (Å²) >= 11 is 0. The van der Waals surface area contributed by atoms with Crippen molar-refractivity contribution in [3.8, 4) is 22.8 Å². The molecule has 8 heterocycles. The van der Waals surface area contributed by atoms with Crippen LogP contribution < -0.4 is 21.7 Å². The maximum absolute atomic E-state index is 13.7. The van der Waals surface area contributed by atoms with Gasteiger partial charge in [0.05, 0.1) is 79.1 Å². The lowest BCUT2D eigenvalue weighted by Crippen LogP contribution is -2.51. The highest BCUT2D eigenvalue weighted by molar-refractivity contribution is 6.06. The van der Waals surface area contributed by atoms with E-state index >= 15 is 0 Å². The van der Waals surface area contributed by atoms with Crippen molar-refractivity contribution < 1.29 is 37.4 Å². The third kappa shape index (κ3) is 10.1. The number of halogens is 3. The molecule has 0 aliphatic carbocycles. The van der Waals surface area contributed by atoms with Crippen LogP contribution in [0.2, 0.25) is 0 Å². The molecule has 0 radical (unpaired) electrons. The van der Waals surface area contributed by atoms with Crippen LogP contribution in [-0.4, -0.2) is 124 Å². The highest BCUT2D eigenvalue weighted by atomic mass is 35.5. The first-order valence-corrected chi connectivity index (χ1v) is 21.5. The number of carbonyl (C=O) groups is 3. The molecule has 3 amide bonds. The smallest absolute Gasteiger partial charge is 0.407 e. The first kappa shape index (κ1) is 47.4. The number of rotatable bonds is 7. The van der Waals surface area contributed by atoms with Crippen LogP contribution in [0.3, 0.4) is 0 Å². The maximum atomic E-state index is 13.7. The molecule has 2 aromatic carbocycles. The van der Waals surface area contributed by atoms with Crippen molar-refractivity contribution in [3.63, 3.8) is 0 Å². The van der Waals surface area contributed by atoms with Gasteiger partial charge in [-0.25, -0.2) is 33.5 Å². The van der Waals surface area contributed by atoms with Crippen LogP contribution in [0.1, 0.15) is 54.3 Å². The Balaban J connectivity index is 0.000000185. The molecular formula is C45H49ClF2N14O6. The number of aromatic amines is 2. The molecule has 6 aromatic heterocycles. The van der Waals surface area contributed by atoms with E-state index < -0.39 is 11.7 Å². The molecular weight excluding hydrogens is 906 g/mol. The first-order chi connectivity index (χ1) is 32.1. The minimum atomic E-state index is -0.611. The zero-order valence-electron chi connectivity index (χ0n) is 37.6. The Labute approximate surface area is 392 Å². The van der Waals surface area contributed by atoms with Gasteiger partial charge in [0.2, 0.25) is 0 Å². The van der Waals surface area contributed by atoms with Crippen LogP contribution >= 0.6 is 12.4 Å². The second-order valence-electron chi connectivity index (χ2n) is 17.6. The van der Waals surface area contributed by atoms with E-state index in [4.69, 9.17) is 19.9 Å². The molecule has 10 rings (SSSR count). The lowest BCUT2D eigenvalue weighted by Gasteiger charge is -2.31. The van der Waals surface area contributed by atoms with Crippen LogP contribution in [0.25, 0.3) is 66.9 Å². The molecule has 68 heavy (non-hydrogen) atoms. The highest BCUT2D eigenvalue weighted by Gasteiger charge is 2.29. The summed E-state index contributed by atoms with van der Waals surface area (Å²) in [6, 6.07) is 8.01. The summed E-state index contributed by atoms with van der Waals surface area (Å²) in [6.07, 6.45) is 6.89. The molecule has 20 nitrogen and oxygen atoms in total. The third-order valence-corrected chi connectivity index (χ3v) is 11.2. The van der Waals surface area contributed by atoms with E-state index in [0.717, 1.165) is 10.8 Å². The Bertz CT molecular complexity index is 3180. The highest BCUT2D eigenvalue weighted by Crippen LogP contribution is 2.30. The lowest BCUT2D eigenvalue weighted by atomic mass is 10.1. The number of amides is 3. The molecule has 2 aliphatic rings. The number of H-pyrrole nitrogens is 2. The summed E-state index contributed by atoms with van der Waals surface area (Å²) in [5.41, 5.74) is 11.1. The molecule has 2 saturated heterocycles. The molecule has 0 saturated carbocycles. The Kier molecular flexibility index (Phi) is 13.4. The van der Waals surface area contributed by atoms with Gasteiger partial charge in [-0.15, -0.1) is 12.4 Å².